The second kappa shape index (κ2) is 3.62. The molecular formula is C8H12NS+. The summed E-state index contributed by atoms with van der Waals surface area (Å²) in [4.78, 5) is 0. The molecule has 0 aliphatic rings. The highest BCUT2D eigenvalue weighted by Gasteiger charge is 1.94. The fourth-order valence-corrected chi connectivity index (χ4v) is 1.01. The van der Waals surface area contributed by atoms with Gasteiger partial charge in [-0.05, 0) is 12.0 Å². The maximum Gasteiger partial charge on any atom is 0.191 e. The van der Waals surface area contributed by atoms with E-state index in [0.29, 0.717) is 0 Å². The Kier molecular flexibility index (Phi) is 2.75. The lowest BCUT2D eigenvalue weighted by molar-refractivity contribution is -0.675. The minimum absolute atomic E-state index is 0.754. The fourth-order valence-electron chi connectivity index (χ4n) is 0.818. The van der Waals surface area contributed by atoms with Gasteiger partial charge in [-0.15, -0.1) is 12.6 Å². The second-order valence-electron chi connectivity index (χ2n) is 2.22. The van der Waals surface area contributed by atoms with E-state index in [1.54, 1.807) is 0 Å². The Hall–Kier alpha value is -0.500. The summed E-state index contributed by atoms with van der Waals surface area (Å²) in [6, 6.07) is 4.24. The molecule has 0 fully saturated rings. The predicted octanol–water partition coefficient (Wildman–Crippen LogP) is 1.42. The molecule has 0 bridgehead atoms. The lowest BCUT2D eigenvalue weighted by Gasteiger charge is -1.92. The van der Waals surface area contributed by atoms with Crippen LogP contribution in [0.3, 0.4) is 0 Å². The van der Waals surface area contributed by atoms with Crippen molar-refractivity contribution in [2.24, 2.45) is 0 Å². The summed E-state index contributed by atoms with van der Waals surface area (Å²) >= 11 is 4.14. The van der Waals surface area contributed by atoms with Crippen molar-refractivity contribution >= 4 is 12.6 Å². The molecule has 1 heterocycles. The summed E-state index contributed by atoms with van der Waals surface area (Å²) in [6.07, 6.45) is 5.20. The van der Waals surface area contributed by atoms with Crippen LogP contribution < -0.4 is 4.57 Å². The van der Waals surface area contributed by atoms with Crippen molar-refractivity contribution in [1.82, 2.24) is 0 Å². The molecule has 1 aromatic rings. The summed E-state index contributed by atoms with van der Waals surface area (Å²) in [5.41, 5.74) is 1.37. The monoisotopic (exact) mass is 154 g/mol. The molecule has 0 spiro atoms. The Morgan fingerprint density at radius 1 is 1.40 bits per heavy atom. The van der Waals surface area contributed by atoms with E-state index < -0.39 is 0 Å². The summed E-state index contributed by atoms with van der Waals surface area (Å²) in [6.45, 7) is 2.15. The van der Waals surface area contributed by atoms with Gasteiger partial charge in [0.2, 0.25) is 0 Å². The second-order valence-corrected chi connectivity index (χ2v) is 2.50. The van der Waals surface area contributed by atoms with Gasteiger partial charge in [0.15, 0.2) is 18.3 Å². The molecule has 54 valence electrons. The van der Waals surface area contributed by atoms with Crippen LogP contribution in [0.25, 0.3) is 0 Å². The number of nitrogens with zero attached hydrogens (tertiary/aromatic N) is 1. The van der Waals surface area contributed by atoms with Gasteiger partial charge in [-0.2, -0.15) is 4.57 Å². The first-order valence-electron chi connectivity index (χ1n) is 3.45. The van der Waals surface area contributed by atoms with Crippen molar-refractivity contribution in [2.45, 2.75) is 19.2 Å². The van der Waals surface area contributed by atoms with Gasteiger partial charge in [-0.1, -0.05) is 6.92 Å². The molecule has 2 heteroatoms. The van der Waals surface area contributed by atoms with Crippen molar-refractivity contribution in [3.05, 3.63) is 30.1 Å². The lowest BCUT2D eigenvalue weighted by Crippen LogP contribution is -2.29. The first kappa shape index (κ1) is 7.61. The quantitative estimate of drug-likeness (QED) is 0.485. The van der Waals surface area contributed by atoms with Crippen LogP contribution in [-0.2, 0) is 12.3 Å². The summed E-state index contributed by atoms with van der Waals surface area (Å²) in [7, 11) is 0. The molecule has 1 nitrogen and oxygen atoms in total. The number of aromatic nitrogens is 1. The number of aryl methyl sites for hydroxylation is 1. The first-order valence-corrected chi connectivity index (χ1v) is 4.09. The van der Waals surface area contributed by atoms with Gasteiger partial charge in [0.1, 0.15) is 0 Å². The highest BCUT2D eigenvalue weighted by molar-refractivity contribution is 7.78. The van der Waals surface area contributed by atoms with E-state index in [2.05, 4.69) is 31.7 Å². The predicted molar refractivity (Wildman–Crippen MR) is 45.0 cm³/mol. The zero-order valence-electron chi connectivity index (χ0n) is 6.12. The van der Waals surface area contributed by atoms with E-state index >= 15 is 0 Å². The normalized spacial score (nSPS) is 9.80. The van der Waals surface area contributed by atoms with Crippen LogP contribution in [-0.4, -0.2) is 0 Å². The SMILES string of the molecule is CCc1cc[n+](CS)cc1. The van der Waals surface area contributed by atoms with Crippen LogP contribution in [0.1, 0.15) is 12.5 Å². The number of rotatable bonds is 2. The molecule has 0 saturated heterocycles. The molecule has 0 aliphatic carbocycles. The maximum atomic E-state index is 4.14. The van der Waals surface area contributed by atoms with Crippen molar-refractivity contribution in [3.8, 4) is 0 Å². The van der Waals surface area contributed by atoms with Gasteiger partial charge in [0.05, 0.1) is 0 Å². The minimum atomic E-state index is 0.754. The van der Waals surface area contributed by atoms with Gasteiger partial charge in [-0.25, -0.2) is 0 Å². The number of pyridine rings is 1. The Morgan fingerprint density at radius 2 is 2.00 bits per heavy atom. The van der Waals surface area contributed by atoms with E-state index in [1.165, 1.54) is 5.56 Å². The fraction of sp³-hybridized carbons (Fsp3) is 0.375. The van der Waals surface area contributed by atoms with Gasteiger partial charge in [0.25, 0.3) is 0 Å². The molecule has 1 aromatic heterocycles. The van der Waals surface area contributed by atoms with Crippen LogP contribution in [0.4, 0.5) is 0 Å². The molecule has 0 aromatic carbocycles. The van der Waals surface area contributed by atoms with Crippen molar-refractivity contribution in [3.63, 3.8) is 0 Å². The van der Waals surface area contributed by atoms with Crippen LogP contribution in [0.2, 0.25) is 0 Å². The van der Waals surface area contributed by atoms with Gasteiger partial charge < -0.3 is 0 Å². The van der Waals surface area contributed by atoms with E-state index in [4.69, 9.17) is 0 Å². The molecule has 0 N–H and O–H groups in total. The van der Waals surface area contributed by atoms with Gasteiger partial charge >= 0.3 is 0 Å². The molecule has 0 amide bonds. The summed E-state index contributed by atoms with van der Waals surface area (Å²) in [5, 5.41) is 0. The minimum Gasteiger partial charge on any atom is -0.196 e. The van der Waals surface area contributed by atoms with Crippen LogP contribution in [0, 0.1) is 0 Å². The third-order valence-electron chi connectivity index (χ3n) is 1.53. The smallest absolute Gasteiger partial charge is 0.191 e. The number of hydrogen-bond acceptors (Lipinski definition) is 1. The highest BCUT2D eigenvalue weighted by atomic mass is 32.1. The van der Waals surface area contributed by atoms with Crippen LogP contribution >= 0.6 is 12.6 Å². The van der Waals surface area contributed by atoms with Crippen molar-refractivity contribution < 1.29 is 4.57 Å². The number of thiol groups is 1. The molecule has 0 saturated carbocycles. The summed E-state index contributed by atoms with van der Waals surface area (Å²) < 4.78 is 2.03. The lowest BCUT2D eigenvalue weighted by atomic mass is 10.2. The Balaban J connectivity index is 2.80. The number of hydrogen-bond donors (Lipinski definition) is 1. The largest absolute Gasteiger partial charge is 0.196 e. The van der Waals surface area contributed by atoms with Gasteiger partial charge in [-0.3, -0.25) is 0 Å². The van der Waals surface area contributed by atoms with E-state index in [0.717, 1.165) is 12.3 Å². The molecule has 0 radical (unpaired) electrons. The Labute approximate surface area is 67.1 Å². The van der Waals surface area contributed by atoms with Gasteiger partial charge in [0, 0.05) is 12.1 Å². The van der Waals surface area contributed by atoms with E-state index in [1.807, 2.05) is 17.0 Å². The van der Waals surface area contributed by atoms with Crippen LogP contribution in [0.15, 0.2) is 24.5 Å². The summed E-state index contributed by atoms with van der Waals surface area (Å²) in [5.74, 6) is 0.754. The highest BCUT2D eigenvalue weighted by Crippen LogP contribution is 1.94. The molecular weight excluding hydrogens is 142 g/mol. The topological polar surface area (TPSA) is 3.88 Å². The first-order chi connectivity index (χ1) is 4.86. The molecule has 0 aliphatic heterocycles. The third kappa shape index (κ3) is 1.74. The van der Waals surface area contributed by atoms with E-state index in [9.17, 15) is 0 Å². The molecule has 0 atom stereocenters. The van der Waals surface area contributed by atoms with Crippen molar-refractivity contribution in [2.75, 3.05) is 0 Å². The standard InChI is InChI=1S/C8H11NS/c1-2-8-3-5-9(7-10)6-4-8/h3-6H,2,7H2,1H3/p+1. The average molecular weight is 154 g/mol. The average Bonchev–Trinajstić information content (AvgIpc) is 2.05. The third-order valence-corrected chi connectivity index (χ3v) is 1.86. The zero-order valence-corrected chi connectivity index (χ0v) is 7.01. The molecule has 1 rings (SSSR count). The van der Waals surface area contributed by atoms with Crippen LogP contribution in [0.5, 0.6) is 0 Å². The Morgan fingerprint density at radius 3 is 2.40 bits per heavy atom. The molecule has 10 heavy (non-hydrogen) atoms. The van der Waals surface area contributed by atoms with E-state index in [-0.39, 0.29) is 0 Å². The molecule has 0 unspecified atom stereocenters. The van der Waals surface area contributed by atoms with Crippen molar-refractivity contribution in [1.29, 1.82) is 0 Å². The maximum absolute atomic E-state index is 4.14. The zero-order chi connectivity index (χ0) is 7.40. The Bertz CT molecular complexity index is 170.